The van der Waals surface area contributed by atoms with Gasteiger partial charge in [-0.2, -0.15) is 0 Å². The Morgan fingerprint density at radius 2 is 2.16 bits per heavy atom. The molecule has 1 fully saturated rings. The average molecular weight is 326 g/mol. The Labute approximate surface area is 122 Å². The van der Waals surface area contributed by atoms with Crippen molar-refractivity contribution in [3.63, 3.8) is 0 Å². The molecule has 1 aliphatic rings. The van der Waals surface area contributed by atoms with Crippen LogP contribution in [0.4, 0.5) is 0 Å². The number of carbonyl (C=O) groups is 1. The summed E-state index contributed by atoms with van der Waals surface area (Å²) in [5.74, 6) is 0.152. The number of nitrogens with one attached hydrogen (secondary N) is 1. The molecule has 0 aromatic carbocycles. The summed E-state index contributed by atoms with van der Waals surface area (Å²) in [7, 11) is -3.74. The molecule has 1 saturated carbocycles. The lowest BCUT2D eigenvalue weighted by atomic mass is 10.2. The molecule has 0 aliphatic heterocycles. The lowest BCUT2D eigenvalue weighted by molar-refractivity contribution is 0.0934. The molecule has 1 heterocycles. The van der Waals surface area contributed by atoms with Crippen LogP contribution in [0.25, 0.3) is 0 Å². The first-order chi connectivity index (χ1) is 8.41. The van der Waals surface area contributed by atoms with Gasteiger partial charge in [-0.15, -0.1) is 23.7 Å². The van der Waals surface area contributed by atoms with Gasteiger partial charge in [0.15, 0.2) is 0 Å². The fourth-order valence-electron chi connectivity index (χ4n) is 1.70. The predicted octanol–water partition coefficient (Wildman–Crippen LogP) is 0.284. The van der Waals surface area contributed by atoms with Crippen LogP contribution in [-0.4, -0.2) is 26.9 Å². The summed E-state index contributed by atoms with van der Waals surface area (Å²) in [5.41, 5.74) is 5.89. The molecule has 1 aromatic rings. The minimum Gasteiger partial charge on any atom is -0.348 e. The van der Waals surface area contributed by atoms with E-state index in [1.54, 1.807) is 0 Å². The average Bonchev–Trinajstić information content (AvgIpc) is 2.99. The third-order valence-corrected chi connectivity index (χ3v) is 5.27. The van der Waals surface area contributed by atoms with Gasteiger partial charge in [-0.25, -0.2) is 13.6 Å². The molecule has 1 amide bonds. The number of primary sulfonamides is 1. The highest BCUT2D eigenvalue weighted by atomic mass is 35.5. The van der Waals surface area contributed by atoms with Crippen LogP contribution in [-0.2, 0) is 10.0 Å². The van der Waals surface area contributed by atoms with Crippen molar-refractivity contribution in [2.75, 3.05) is 6.54 Å². The molecule has 0 spiro atoms. The Kier molecular flexibility index (Phi) is 5.34. The zero-order chi connectivity index (χ0) is 13.3. The van der Waals surface area contributed by atoms with Crippen molar-refractivity contribution in [2.45, 2.75) is 23.1 Å². The van der Waals surface area contributed by atoms with E-state index in [1.165, 1.54) is 11.4 Å². The minimum atomic E-state index is -3.74. The van der Waals surface area contributed by atoms with Crippen LogP contribution >= 0.6 is 23.7 Å². The van der Waals surface area contributed by atoms with Crippen LogP contribution in [0, 0.1) is 5.92 Å². The van der Waals surface area contributed by atoms with Crippen molar-refractivity contribution >= 4 is 39.7 Å². The highest BCUT2D eigenvalue weighted by Crippen LogP contribution is 2.32. The van der Waals surface area contributed by atoms with E-state index in [4.69, 9.17) is 10.9 Å². The molecule has 19 heavy (non-hydrogen) atoms. The number of hydrogen-bond donors (Lipinski definition) is 3. The van der Waals surface area contributed by atoms with E-state index in [-0.39, 0.29) is 28.6 Å². The number of nitrogens with two attached hydrogens (primary N) is 2. The van der Waals surface area contributed by atoms with Gasteiger partial charge in [0.25, 0.3) is 5.91 Å². The lowest BCUT2D eigenvalue weighted by Crippen LogP contribution is -2.41. The number of hydrogen-bond acceptors (Lipinski definition) is 5. The zero-order valence-electron chi connectivity index (χ0n) is 10.0. The van der Waals surface area contributed by atoms with Crippen molar-refractivity contribution in [3.8, 4) is 0 Å². The monoisotopic (exact) mass is 325 g/mol. The molecule has 6 nitrogen and oxygen atoms in total. The second-order valence-electron chi connectivity index (χ2n) is 4.35. The third kappa shape index (κ3) is 4.15. The van der Waals surface area contributed by atoms with Crippen LogP contribution < -0.4 is 16.2 Å². The number of thiophene rings is 1. The van der Waals surface area contributed by atoms with Crippen molar-refractivity contribution in [1.29, 1.82) is 0 Å². The second-order valence-corrected chi connectivity index (χ2v) is 7.05. The van der Waals surface area contributed by atoms with Crippen LogP contribution in [0.5, 0.6) is 0 Å². The highest BCUT2D eigenvalue weighted by molar-refractivity contribution is 7.91. The maximum absolute atomic E-state index is 11.9. The summed E-state index contributed by atoms with van der Waals surface area (Å²) in [5, 5.41) is 9.29. The van der Waals surface area contributed by atoms with E-state index in [0.717, 1.165) is 24.2 Å². The van der Waals surface area contributed by atoms with Gasteiger partial charge < -0.3 is 11.1 Å². The summed E-state index contributed by atoms with van der Waals surface area (Å²) in [4.78, 5) is 11.9. The van der Waals surface area contributed by atoms with E-state index in [2.05, 4.69) is 5.32 Å². The van der Waals surface area contributed by atoms with Gasteiger partial charge in [0.05, 0.1) is 5.56 Å². The Bertz CT molecular complexity index is 554. The van der Waals surface area contributed by atoms with E-state index in [9.17, 15) is 13.2 Å². The molecule has 1 aliphatic carbocycles. The molecule has 1 atom stereocenters. The Balaban J connectivity index is 0.00000180. The number of sulfonamides is 1. The molecule has 5 N–H and O–H groups in total. The molecule has 108 valence electrons. The van der Waals surface area contributed by atoms with E-state index < -0.39 is 10.0 Å². The zero-order valence-corrected chi connectivity index (χ0v) is 12.5. The smallest absolute Gasteiger partial charge is 0.252 e. The quantitative estimate of drug-likeness (QED) is 0.721. The Morgan fingerprint density at radius 3 is 2.58 bits per heavy atom. The third-order valence-electron chi connectivity index (χ3n) is 2.88. The van der Waals surface area contributed by atoms with E-state index in [1.807, 2.05) is 0 Å². The first kappa shape index (κ1) is 16.4. The summed E-state index contributed by atoms with van der Waals surface area (Å²) < 4.78 is 22.2. The number of halogens is 1. The normalized spacial score (nSPS) is 16.5. The molecular weight excluding hydrogens is 310 g/mol. The van der Waals surface area contributed by atoms with Crippen molar-refractivity contribution in [3.05, 3.63) is 17.0 Å². The van der Waals surface area contributed by atoms with Crippen molar-refractivity contribution < 1.29 is 13.2 Å². The number of rotatable bonds is 5. The van der Waals surface area contributed by atoms with Gasteiger partial charge >= 0.3 is 0 Å². The highest BCUT2D eigenvalue weighted by Gasteiger charge is 2.31. The fraction of sp³-hybridized carbons (Fsp3) is 0.500. The van der Waals surface area contributed by atoms with Gasteiger partial charge in [0.2, 0.25) is 10.0 Å². The van der Waals surface area contributed by atoms with Gasteiger partial charge in [0.1, 0.15) is 4.21 Å². The first-order valence-electron chi connectivity index (χ1n) is 5.54. The Hall–Kier alpha value is -0.670. The summed E-state index contributed by atoms with van der Waals surface area (Å²) in [6, 6.07) is 1.26. The standard InChI is InChI=1S/C10H15N3O3S2.ClH/c11-4-8(6-1-2-6)13-10(14)7-3-9(17-5-7)18(12,15)16;/h3,5-6,8H,1-2,4,11H2,(H,13,14)(H2,12,15,16);1H. The number of amides is 1. The molecule has 1 aromatic heterocycles. The van der Waals surface area contributed by atoms with Crippen LogP contribution in [0.1, 0.15) is 23.2 Å². The number of carbonyl (C=O) groups excluding carboxylic acids is 1. The van der Waals surface area contributed by atoms with E-state index in [0.29, 0.717) is 18.0 Å². The molecule has 0 radical (unpaired) electrons. The molecule has 0 saturated heterocycles. The Morgan fingerprint density at radius 1 is 1.53 bits per heavy atom. The summed E-state index contributed by atoms with van der Waals surface area (Å²) in [6.45, 7) is 0.391. The predicted molar refractivity (Wildman–Crippen MR) is 76.0 cm³/mol. The van der Waals surface area contributed by atoms with Crippen molar-refractivity contribution in [2.24, 2.45) is 16.8 Å². The maximum Gasteiger partial charge on any atom is 0.252 e. The van der Waals surface area contributed by atoms with Gasteiger partial charge in [0, 0.05) is 18.0 Å². The van der Waals surface area contributed by atoms with Gasteiger partial charge in [-0.3, -0.25) is 4.79 Å². The SMILES string of the molecule is Cl.NCC(NC(=O)c1csc(S(N)(=O)=O)c1)C1CC1. The summed E-state index contributed by atoms with van der Waals surface area (Å²) >= 11 is 0.938. The molecule has 9 heteroatoms. The second kappa shape index (κ2) is 6.19. The minimum absolute atomic E-state index is 0. The first-order valence-corrected chi connectivity index (χ1v) is 7.96. The maximum atomic E-state index is 11.9. The summed E-state index contributed by atoms with van der Waals surface area (Å²) in [6.07, 6.45) is 2.16. The topological polar surface area (TPSA) is 115 Å². The molecule has 2 rings (SSSR count). The van der Waals surface area contributed by atoms with Gasteiger partial charge in [-0.05, 0) is 24.8 Å². The van der Waals surface area contributed by atoms with Crippen molar-refractivity contribution in [1.82, 2.24) is 5.32 Å². The largest absolute Gasteiger partial charge is 0.348 e. The van der Waals surface area contributed by atoms with E-state index >= 15 is 0 Å². The molecular formula is C10H16ClN3O3S2. The van der Waals surface area contributed by atoms with Crippen LogP contribution in [0.2, 0.25) is 0 Å². The molecule has 1 unspecified atom stereocenters. The van der Waals surface area contributed by atoms with Gasteiger partial charge in [-0.1, -0.05) is 0 Å². The fourth-order valence-corrected chi connectivity index (χ4v) is 3.29. The van der Waals surface area contributed by atoms with Crippen LogP contribution in [0.3, 0.4) is 0 Å². The lowest BCUT2D eigenvalue weighted by Gasteiger charge is -2.15. The van der Waals surface area contributed by atoms with Crippen LogP contribution in [0.15, 0.2) is 15.7 Å². The molecule has 0 bridgehead atoms.